The van der Waals surface area contributed by atoms with Gasteiger partial charge in [-0.1, -0.05) is 59.1 Å². The zero-order valence-corrected chi connectivity index (χ0v) is 19.5. The summed E-state index contributed by atoms with van der Waals surface area (Å²) in [4.78, 5) is 26.8. The fourth-order valence-corrected chi connectivity index (χ4v) is 4.88. The number of nitrogens with one attached hydrogen (secondary N) is 2. The zero-order chi connectivity index (χ0) is 22.2. The average Bonchev–Trinajstić information content (AvgIpc) is 2.73. The minimum Gasteiger partial charge on any atom is -0.348 e. The molecular formula is C21H21Cl3N4O2S. The number of rotatable bonds is 3. The lowest BCUT2D eigenvalue weighted by Crippen LogP contribution is -2.60. The highest BCUT2D eigenvalue weighted by Gasteiger charge is 2.39. The zero-order valence-electron chi connectivity index (χ0n) is 16.4. The van der Waals surface area contributed by atoms with Gasteiger partial charge in [0, 0.05) is 42.9 Å². The molecule has 31 heavy (non-hydrogen) atoms. The van der Waals surface area contributed by atoms with Crippen LogP contribution in [0.25, 0.3) is 0 Å². The van der Waals surface area contributed by atoms with Crippen LogP contribution < -0.4 is 16.2 Å². The molecule has 2 aliphatic rings. The van der Waals surface area contributed by atoms with Crippen LogP contribution in [0, 0.1) is 5.92 Å². The van der Waals surface area contributed by atoms with Crippen LogP contribution in [-0.4, -0.2) is 43.5 Å². The van der Waals surface area contributed by atoms with Gasteiger partial charge < -0.3 is 20.1 Å². The van der Waals surface area contributed by atoms with E-state index in [0.717, 1.165) is 12.1 Å². The molecule has 3 atom stereocenters. The molecular weight excluding hydrogens is 479 g/mol. The number of alkyl halides is 3. The molecule has 0 unspecified atom stereocenters. The maximum atomic E-state index is 12.6. The van der Waals surface area contributed by atoms with Gasteiger partial charge in [0.05, 0.1) is 0 Å². The molecule has 6 nitrogen and oxygen atoms in total. The van der Waals surface area contributed by atoms with E-state index < -0.39 is 9.96 Å². The van der Waals surface area contributed by atoms with Crippen molar-refractivity contribution in [1.29, 1.82) is 0 Å². The number of benzene rings is 1. The Morgan fingerprint density at radius 1 is 1.03 bits per heavy atom. The van der Waals surface area contributed by atoms with E-state index in [9.17, 15) is 9.59 Å². The van der Waals surface area contributed by atoms with Crippen molar-refractivity contribution < 1.29 is 4.79 Å². The van der Waals surface area contributed by atoms with E-state index in [-0.39, 0.29) is 23.3 Å². The standard InChI is InChI=1S/C21H21Cl3N4O2S/c22-21(23,24)19(25-18(30)14-5-2-1-3-6-14)26-20(31)27-10-13-9-15(12-27)16-7-4-8-17(29)28(16)11-13/h1-8,13,15,19H,9-12H2,(H,25,30)(H,26,31)/t13-,15-,19+/m0/s1. The fourth-order valence-electron chi connectivity index (χ4n) is 4.28. The van der Waals surface area contributed by atoms with Gasteiger partial charge in [-0.25, -0.2) is 0 Å². The molecule has 2 aromatic rings. The Morgan fingerprint density at radius 2 is 1.77 bits per heavy atom. The van der Waals surface area contributed by atoms with E-state index in [2.05, 4.69) is 10.6 Å². The number of amides is 1. The van der Waals surface area contributed by atoms with Crippen LogP contribution in [0.3, 0.4) is 0 Å². The molecule has 0 radical (unpaired) electrons. The topological polar surface area (TPSA) is 66.4 Å². The number of nitrogens with zero attached hydrogens (tertiary/aromatic N) is 2. The van der Waals surface area contributed by atoms with Crippen molar-refractivity contribution in [1.82, 2.24) is 20.1 Å². The van der Waals surface area contributed by atoms with Gasteiger partial charge in [-0.2, -0.15) is 0 Å². The van der Waals surface area contributed by atoms with Crippen molar-refractivity contribution in [2.24, 2.45) is 5.92 Å². The Labute approximate surface area is 200 Å². The van der Waals surface area contributed by atoms with Crippen molar-refractivity contribution in [3.63, 3.8) is 0 Å². The number of hydrogen-bond acceptors (Lipinski definition) is 3. The highest BCUT2D eigenvalue weighted by atomic mass is 35.6. The monoisotopic (exact) mass is 498 g/mol. The molecule has 1 fully saturated rings. The quantitative estimate of drug-likeness (QED) is 0.385. The summed E-state index contributed by atoms with van der Waals surface area (Å²) in [6, 6.07) is 14.1. The van der Waals surface area contributed by atoms with Crippen molar-refractivity contribution in [3.05, 3.63) is 70.1 Å². The molecule has 1 amide bonds. The number of pyridine rings is 1. The number of halogens is 3. The van der Waals surface area contributed by atoms with Crippen molar-refractivity contribution in [2.45, 2.75) is 28.8 Å². The minimum absolute atomic E-state index is 0.0289. The molecule has 2 aliphatic heterocycles. The predicted molar refractivity (Wildman–Crippen MR) is 127 cm³/mol. The van der Waals surface area contributed by atoms with Crippen LogP contribution in [0.15, 0.2) is 53.3 Å². The van der Waals surface area contributed by atoms with Crippen LogP contribution >= 0.6 is 47.0 Å². The third kappa shape index (κ3) is 5.00. The summed E-state index contributed by atoms with van der Waals surface area (Å²) in [7, 11) is 0. The first-order valence-corrected chi connectivity index (χ1v) is 11.4. The lowest BCUT2D eigenvalue weighted by molar-refractivity contribution is 0.0932. The van der Waals surface area contributed by atoms with E-state index in [4.69, 9.17) is 47.0 Å². The Kier molecular flexibility index (Phi) is 6.49. The molecule has 0 spiro atoms. The number of thiocarbonyl (C=S) groups is 1. The van der Waals surface area contributed by atoms with Crippen LogP contribution in [0.2, 0.25) is 0 Å². The third-order valence-corrected chi connectivity index (χ3v) is 6.70. The Balaban J connectivity index is 1.47. The Bertz CT molecular complexity index is 1040. The summed E-state index contributed by atoms with van der Waals surface area (Å²) >= 11 is 24.0. The van der Waals surface area contributed by atoms with E-state index in [1.54, 1.807) is 36.4 Å². The lowest BCUT2D eigenvalue weighted by Gasteiger charge is -2.44. The molecule has 164 valence electrons. The molecule has 10 heteroatoms. The summed E-state index contributed by atoms with van der Waals surface area (Å²) in [5.74, 6) is 0.0959. The van der Waals surface area contributed by atoms with Crippen molar-refractivity contribution in [3.8, 4) is 0 Å². The van der Waals surface area contributed by atoms with Gasteiger partial charge in [0.15, 0.2) is 5.11 Å². The van der Waals surface area contributed by atoms with Gasteiger partial charge in [-0.3, -0.25) is 9.59 Å². The first kappa shape index (κ1) is 22.4. The number of fused-ring (bicyclic) bond motifs is 4. The second kappa shape index (κ2) is 8.98. The smallest absolute Gasteiger partial charge is 0.252 e. The summed E-state index contributed by atoms with van der Waals surface area (Å²) in [5.41, 5.74) is 1.50. The highest BCUT2D eigenvalue weighted by Crippen LogP contribution is 2.35. The van der Waals surface area contributed by atoms with Crippen LogP contribution in [-0.2, 0) is 6.54 Å². The van der Waals surface area contributed by atoms with E-state index in [1.807, 2.05) is 21.6 Å². The van der Waals surface area contributed by atoms with Gasteiger partial charge in [0.25, 0.3) is 11.5 Å². The maximum absolute atomic E-state index is 12.6. The number of likely N-dealkylation sites (tertiary alicyclic amines) is 1. The molecule has 0 aliphatic carbocycles. The van der Waals surface area contributed by atoms with Gasteiger partial charge in [-0.15, -0.1) is 0 Å². The van der Waals surface area contributed by atoms with Crippen LogP contribution in [0.5, 0.6) is 0 Å². The molecule has 2 N–H and O–H groups in total. The van der Waals surface area contributed by atoms with Gasteiger partial charge in [-0.05, 0) is 42.8 Å². The summed E-state index contributed by atoms with van der Waals surface area (Å²) in [5, 5.41) is 6.12. The second-order valence-corrected chi connectivity index (χ2v) is 10.6. The molecule has 0 saturated carbocycles. The molecule has 2 bridgehead atoms. The molecule has 1 aromatic heterocycles. The number of carbonyl (C=O) groups is 1. The average molecular weight is 500 g/mol. The van der Waals surface area contributed by atoms with E-state index >= 15 is 0 Å². The third-order valence-electron chi connectivity index (χ3n) is 5.67. The van der Waals surface area contributed by atoms with Gasteiger partial charge >= 0.3 is 0 Å². The first-order chi connectivity index (χ1) is 14.7. The van der Waals surface area contributed by atoms with Gasteiger partial charge in [0.1, 0.15) is 6.17 Å². The summed E-state index contributed by atoms with van der Waals surface area (Å²) in [6.45, 7) is 1.98. The highest BCUT2D eigenvalue weighted by molar-refractivity contribution is 7.80. The number of hydrogen-bond donors (Lipinski definition) is 2. The lowest BCUT2D eigenvalue weighted by atomic mass is 9.83. The summed E-state index contributed by atoms with van der Waals surface area (Å²) in [6.07, 6.45) is -0.0179. The van der Waals surface area contributed by atoms with E-state index in [0.29, 0.717) is 30.3 Å². The molecule has 4 rings (SSSR count). The first-order valence-electron chi connectivity index (χ1n) is 9.90. The van der Waals surface area contributed by atoms with Gasteiger partial charge in [0.2, 0.25) is 3.79 Å². The largest absolute Gasteiger partial charge is 0.348 e. The maximum Gasteiger partial charge on any atom is 0.252 e. The molecule has 3 heterocycles. The van der Waals surface area contributed by atoms with E-state index in [1.165, 1.54) is 0 Å². The normalized spacial score (nSPS) is 21.1. The fraction of sp³-hybridized carbons (Fsp3) is 0.381. The molecule has 1 aromatic carbocycles. The Hall–Kier alpha value is -1.80. The van der Waals surface area contributed by atoms with Crippen molar-refractivity contribution in [2.75, 3.05) is 13.1 Å². The number of carbonyl (C=O) groups excluding carboxylic acids is 1. The number of aromatic nitrogens is 1. The summed E-state index contributed by atoms with van der Waals surface area (Å²) < 4.78 is 0.0386. The van der Waals surface area contributed by atoms with Crippen molar-refractivity contribution >= 4 is 58.0 Å². The van der Waals surface area contributed by atoms with Crippen LogP contribution in [0.4, 0.5) is 0 Å². The predicted octanol–water partition coefficient (Wildman–Crippen LogP) is 3.27. The molecule has 1 saturated heterocycles. The SMILES string of the molecule is O=C(N[C@H](NC(=S)N1C[C@@H]2C[C@@H](C1)c1cccc(=O)n1C2)C(Cl)(Cl)Cl)c1ccccc1. The Morgan fingerprint density at radius 3 is 2.48 bits per heavy atom. The number of piperidine rings is 1. The minimum atomic E-state index is -1.82. The van der Waals surface area contributed by atoms with Crippen LogP contribution in [0.1, 0.15) is 28.4 Å². The second-order valence-electron chi connectivity index (χ2n) is 7.87.